The van der Waals surface area contributed by atoms with Crippen molar-refractivity contribution in [2.75, 3.05) is 13.2 Å². The maximum Gasteiger partial charge on any atom is 0.286 e. The number of imidazole rings is 1. The quantitative estimate of drug-likeness (QED) is 0.279. The van der Waals surface area contributed by atoms with E-state index < -0.39 is 0 Å². The van der Waals surface area contributed by atoms with Crippen LogP contribution >= 0.6 is 0 Å². The van der Waals surface area contributed by atoms with Crippen LogP contribution in [0.5, 0.6) is 5.75 Å². The number of aryl methyl sites for hydroxylation is 2. The van der Waals surface area contributed by atoms with E-state index in [4.69, 9.17) is 14.1 Å². The molecule has 1 N–H and O–H groups in total. The van der Waals surface area contributed by atoms with Crippen LogP contribution in [0, 0.1) is 0 Å². The Morgan fingerprint density at radius 1 is 0.941 bits per heavy atom. The molecule has 0 bridgehead atoms. The van der Waals surface area contributed by atoms with Crippen LogP contribution in [0.1, 0.15) is 29.2 Å². The molecule has 0 atom stereocenters. The van der Waals surface area contributed by atoms with Gasteiger partial charge in [-0.1, -0.05) is 48.5 Å². The Balaban J connectivity index is 1.20. The predicted octanol–water partition coefficient (Wildman–Crippen LogP) is 5.61. The molecule has 6 nitrogen and oxygen atoms in total. The van der Waals surface area contributed by atoms with Gasteiger partial charge in [-0.05, 0) is 48.6 Å². The minimum absolute atomic E-state index is 0.191. The molecule has 172 valence electrons. The van der Waals surface area contributed by atoms with Crippen LogP contribution in [0.4, 0.5) is 0 Å². The van der Waals surface area contributed by atoms with Crippen LogP contribution in [0.2, 0.25) is 0 Å². The summed E-state index contributed by atoms with van der Waals surface area (Å²) in [6, 6.07) is 26.0. The smallest absolute Gasteiger partial charge is 0.286 e. The lowest BCUT2D eigenvalue weighted by Gasteiger charge is -2.12. The lowest BCUT2D eigenvalue weighted by Crippen LogP contribution is -2.24. The topological polar surface area (TPSA) is 69.3 Å². The number of fused-ring (bicyclic) bond motifs is 2. The van der Waals surface area contributed by atoms with Gasteiger partial charge in [-0.25, -0.2) is 4.98 Å². The van der Waals surface area contributed by atoms with Crippen molar-refractivity contribution >= 4 is 27.7 Å². The summed E-state index contributed by atoms with van der Waals surface area (Å²) in [4.78, 5) is 16.9. The number of nitrogens with zero attached hydrogens (tertiary/aromatic N) is 2. The Kier molecular flexibility index (Phi) is 6.56. The molecule has 0 radical (unpaired) electrons. The van der Waals surface area contributed by atoms with Crippen LogP contribution in [0.25, 0.3) is 21.8 Å². The van der Waals surface area contributed by atoms with Gasteiger partial charge in [0, 0.05) is 24.9 Å². The monoisotopic (exact) mass is 453 g/mol. The molecule has 0 saturated heterocycles. The number of carbonyl (C=O) groups excluding carboxylic acids is 1. The molecule has 0 saturated carbocycles. The van der Waals surface area contributed by atoms with Crippen molar-refractivity contribution in [3.05, 3.63) is 96.7 Å². The van der Waals surface area contributed by atoms with E-state index in [2.05, 4.69) is 34.1 Å². The van der Waals surface area contributed by atoms with Crippen molar-refractivity contribution in [1.82, 2.24) is 14.9 Å². The number of nitrogens with one attached hydrogen (secondary N) is 1. The van der Waals surface area contributed by atoms with Crippen molar-refractivity contribution in [2.24, 2.45) is 0 Å². The zero-order valence-corrected chi connectivity index (χ0v) is 18.9. The van der Waals surface area contributed by atoms with E-state index in [0.29, 0.717) is 18.9 Å². The Morgan fingerprint density at radius 3 is 2.71 bits per heavy atom. The van der Waals surface area contributed by atoms with Gasteiger partial charge in [0.1, 0.15) is 11.6 Å². The van der Waals surface area contributed by atoms with E-state index in [9.17, 15) is 4.79 Å². The lowest BCUT2D eigenvalue weighted by molar-refractivity contribution is 0.0925. The van der Waals surface area contributed by atoms with E-state index >= 15 is 0 Å². The van der Waals surface area contributed by atoms with Crippen molar-refractivity contribution in [1.29, 1.82) is 0 Å². The molecule has 6 heteroatoms. The zero-order chi connectivity index (χ0) is 23.2. The van der Waals surface area contributed by atoms with Crippen LogP contribution in [-0.2, 0) is 13.0 Å². The third-order valence-electron chi connectivity index (χ3n) is 5.87. The van der Waals surface area contributed by atoms with Crippen LogP contribution < -0.4 is 10.1 Å². The van der Waals surface area contributed by atoms with E-state index in [1.165, 1.54) is 11.6 Å². The molecule has 5 rings (SSSR count). The highest BCUT2D eigenvalue weighted by Crippen LogP contribution is 2.25. The number of para-hydroxylation sites is 2. The molecule has 0 unspecified atom stereocenters. The Labute approximate surface area is 198 Å². The Hall–Kier alpha value is -4.06. The van der Waals surface area contributed by atoms with Crippen molar-refractivity contribution in [2.45, 2.75) is 25.8 Å². The molecule has 5 aromatic rings. The van der Waals surface area contributed by atoms with Gasteiger partial charge in [0.2, 0.25) is 0 Å². The van der Waals surface area contributed by atoms with Gasteiger partial charge in [0.05, 0.1) is 23.9 Å². The fraction of sp³-hybridized carbons (Fsp3) is 0.214. The summed E-state index contributed by atoms with van der Waals surface area (Å²) < 4.78 is 13.6. The molecular weight excluding hydrogens is 426 g/mol. The molecule has 34 heavy (non-hydrogen) atoms. The van der Waals surface area contributed by atoms with Crippen molar-refractivity contribution < 1.29 is 13.9 Å². The van der Waals surface area contributed by atoms with Gasteiger partial charge in [0.25, 0.3) is 5.91 Å². The normalized spacial score (nSPS) is 11.2. The molecule has 3 aromatic carbocycles. The third kappa shape index (κ3) is 4.81. The first-order valence-corrected chi connectivity index (χ1v) is 11.7. The molecular formula is C28H27N3O3. The SMILES string of the molecule is O=C(NCCCc1nc2ccccc2n1CCCOc1cccc2ccccc12)c1ccco1. The summed E-state index contributed by atoms with van der Waals surface area (Å²) in [5.74, 6) is 2.09. The predicted molar refractivity (Wildman–Crippen MR) is 133 cm³/mol. The second-order valence-corrected chi connectivity index (χ2v) is 8.18. The first-order valence-electron chi connectivity index (χ1n) is 11.7. The fourth-order valence-electron chi connectivity index (χ4n) is 4.24. The van der Waals surface area contributed by atoms with Crippen molar-refractivity contribution in [3.8, 4) is 5.75 Å². The molecule has 0 spiro atoms. The highest BCUT2D eigenvalue weighted by atomic mass is 16.5. The number of aromatic nitrogens is 2. The fourth-order valence-corrected chi connectivity index (χ4v) is 4.24. The second-order valence-electron chi connectivity index (χ2n) is 8.18. The molecule has 0 aliphatic rings. The van der Waals surface area contributed by atoms with E-state index in [1.807, 2.05) is 42.5 Å². The van der Waals surface area contributed by atoms with E-state index in [-0.39, 0.29) is 5.91 Å². The minimum atomic E-state index is -0.191. The van der Waals surface area contributed by atoms with Crippen LogP contribution in [0.3, 0.4) is 0 Å². The molecule has 0 fully saturated rings. The number of ether oxygens (including phenoxy) is 1. The summed E-state index contributed by atoms with van der Waals surface area (Å²) in [5.41, 5.74) is 2.12. The number of amides is 1. The highest BCUT2D eigenvalue weighted by Gasteiger charge is 2.12. The summed E-state index contributed by atoms with van der Waals surface area (Å²) in [6.45, 7) is 2.01. The molecule has 2 heterocycles. The molecule has 2 aromatic heterocycles. The van der Waals surface area contributed by atoms with Gasteiger partial charge in [0.15, 0.2) is 5.76 Å². The number of rotatable bonds is 10. The van der Waals surface area contributed by atoms with E-state index in [1.54, 1.807) is 12.1 Å². The number of furan rings is 1. The van der Waals surface area contributed by atoms with Crippen molar-refractivity contribution in [3.63, 3.8) is 0 Å². The van der Waals surface area contributed by atoms with Gasteiger partial charge in [-0.15, -0.1) is 0 Å². The maximum atomic E-state index is 12.1. The van der Waals surface area contributed by atoms with Gasteiger partial charge >= 0.3 is 0 Å². The molecule has 0 aliphatic carbocycles. The number of hydrogen-bond donors (Lipinski definition) is 1. The maximum absolute atomic E-state index is 12.1. The summed E-state index contributed by atoms with van der Waals surface area (Å²) >= 11 is 0. The summed E-state index contributed by atoms with van der Waals surface area (Å²) in [6.07, 6.45) is 3.94. The first-order chi connectivity index (χ1) is 16.8. The number of hydrogen-bond acceptors (Lipinski definition) is 4. The summed E-state index contributed by atoms with van der Waals surface area (Å²) in [7, 11) is 0. The summed E-state index contributed by atoms with van der Waals surface area (Å²) in [5, 5.41) is 5.22. The van der Waals surface area contributed by atoms with Crippen LogP contribution in [-0.4, -0.2) is 28.6 Å². The number of benzene rings is 3. The average molecular weight is 454 g/mol. The Morgan fingerprint density at radius 2 is 1.79 bits per heavy atom. The number of carbonyl (C=O) groups is 1. The zero-order valence-electron chi connectivity index (χ0n) is 18.9. The largest absolute Gasteiger partial charge is 0.493 e. The van der Waals surface area contributed by atoms with Crippen LogP contribution in [0.15, 0.2) is 89.5 Å². The highest BCUT2D eigenvalue weighted by molar-refractivity contribution is 5.91. The first kappa shape index (κ1) is 21.8. The minimum Gasteiger partial charge on any atom is -0.493 e. The molecule has 0 aliphatic heterocycles. The van der Waals surface area contributed by atoms with E-state index in [0.717, 1.165) is 53.8 Å². The Bertz CT molecular complexity index is 1380. The third-order valence-corrected chi connectivity index (χ3v) is 5.87. The van der Waals surface area contributed by atoms with Gasteiger partial charge in [-0.2, -0.15) is 0 Å². The van der Waals surface area contributed by atoms with Gasteiger partial charge in [-0.3, -0.25) is 4.79 Å². The lowest BCUT2D eigenvalue weighted by atomic mass is 10.1. The average Bonchev–Trinajstić information content (AvgIpc) is 3.53. The van der Waals surface area contributed by atoms with Gasteiger partial charge < -0.3 is 19.0 Å². The molecule has 1 amide bonds. The second kappa shape index (κ2) is 10.3. The standard InChI is InChI=1S/C28H27N3O3/c32-28(26-15-7-19-34-26)29-17-6-16-27-30-23-12-3-4-13-24(23)31(27)18-8-20-33-25-14-5-10-21-9-1-2-11-22(21)25/h1-5,7,9-15,19H,6,8,16-18,20H2,(H,29,32).